The van der Waals surface area contributed by atoms with Crippen LogP contribution in [0.4, 0.5) is 4.79 Å². The smallest absolute Gasteiger partial charge is 0.410 e. The van der Waals surface area contributed by atoms with Crippen LogP contribution in [0.25, 0.3) is 0 Å². The number of esters is 1. The number of nitrogens with zero attached hydrogens (tertiary/aromatic N) is 2. The predicted octanol–water partition coefficient (Wildman–Crippen LogP) is 5.69. The van der Waals surface area contributed by atoms with E-state index in [0.29, 0.717) is 25.6 Å². The van der Waals surface area contributed by atoms with Gasteiger partial charge in [0.05, 0.1) is 70.1 Å². The molecule has 0 aromatic heterocycles. The number of aliphatic hydroxyl groups excluding tert-OH is 2. The second-order valence-corrected chi connectivity index (χ2v) is 16.4. The van der Waals surface area contributed by atoms with Crippen LogP contribution in [0.1, 0.15) is 106 Å². The van der Waals surface area contributed by atoms with Crippen molar-refractivity contribution >= 4 is 12.1 Å². The Hall–Kier alpha value is -2.24. The molecule has 10 atom stereocenters. The van der Waals surface area contributed by atoms with E-state index in [0.717, 1.165) is 29.6 Å². The second kappa shape index (κ2) is 18.0. The summed E-state index contributed by atoms with van der Waals surface area (Å²) in [6, 6.07) is 0.656. The number of carbonyl (C=O) groups excluding carboxylic acids is 2. The number of cyclic esters (lactones) is 1. The quantitative estimate of drug-likeness (QED) is 0.0871. The molecule has 0 aromatic carbocycles. The van der Waals surface area contributed by atoms with Crippen LogP contribution in [0.2, 0.25) is 0 Å². The maximum atomic E-state index is 13.5. The fourth-order valence-corrected chi connectivity index (χ4v) is 8.14. The lowest BCUT2D eigenvalue weighted by atomic mass is 9.88. The molecular weight excluding hydrogens is 636 g/mol. The first-order chi connectivity index (χ1) is 23.6. The SMILES string of the molecule is CC[C@H](O)[C@@H](C)[C@H]1O[C@@H]1C[C@H](C)/C=C/C=C(\C)[C@H]1OC(=O)C[C@H](O)CC[C@@](C)(O)[C@@H](OC(=O)N2CC[N+](C)(C3CCCCC3)CC2)/C=C/[C@@H]1C. The lowest BCUT2D eigenvalue weighted by molar-refractivity contribution is -0.938. The average Bonchev–Trinajstić information content (AvgIpc) is 3.86. The Morgan fingerprint density at radius 3 is 2.50 bits per heavy atom. The zero-order chi connectivity index (χ0) is 36.6. The van der Waals surface area contributed by atoms with Crippen molar-refractivity contribution in [3.05, 3.63) is 36.0 Å². The van der Waals surface area contributed by atoms with Crippen LogP contribution in [-0.4, -0.2) is 118 Å². The highest BCUT2D eigenvalue weighted by molar-refractivity contribution is 5.70. The topological polar surface area (TPSA) is 129 Å². The van der Waals surface area contributed by atoms with Crippen molar-refractivity contribution in [1.82, 2.24) is 4.90 Å². The van der Waals surface area contributed by atoms with E-state index in [9.17, 15) is 24.9 Å². The number of hydrogen-bond acceptors (Lipinski definition) is 8. The monoisotopic (exact) mass is 703 g/mol. The molecule has 10 heteroatoms. The number of quaternary nitrogens is 1. The Bertz CT molecular complexity index is 1200. The van der Waals surface area contributed by atoms with Gasteiger partial charge in [0.15, 0.2) is 6.10 Å². The first-order valence-electron chi connectivity index (χ1n) is 19.4. The summed E-state index contributed by atoms with van der Waals surface area (Å²) in [7, 11) is 2.32. The Balaban J connectivity index is 1.41. The van der Waals surface area contributed by atoms with Crippen molar-refractivity contribution in [2.24, 2.45) is 17.8 Å². The number of amides is 1. The third-order valence-corrected chi connectivity index (χ3v) is 12.0. The first kappa shape index (κ1) is 40.5. The van der Waals surface area contributed by atoms with Crippen molar-refractivity contribution in [2.75, 3.05) is 33.2 Å². The van der Waals surface area contributed by atoms with Gasteiger partial charge in [0.25, 0.3) is 0 Å². The number of likely N-dealkylation sites (N-methyl/N-ethyl adjacent to an activating group) is 1. The minimum absolute atomic E-state index is 0.0988. The highest BCUT2D eigenvalue weighted by atomic mass is 16.6. The van der Waals surface area contributed by atoms with Gasteiger partial charge >= 0.3 is 12.1 Å². The molecule has 3 aliphatic heterocycles. The van der Waals surface area contributed by atoms with Crippen LogP contribution in [0.15, 0.2) is 36.0 Å². The van der Waals surface area contributed by atoms with Gasteiger partial charge in [-0.15, -0.1) is 0 Å². The van der Waals surface area contributed by atoms with E-state index >= 15 is 0 Å². The van der Waals surface area contributed by atoms with Crippen molar-refractivity contribution < 1.29 is 43.6 Å². The summed E-state index contributed by atoms with van der Waals surface area (Å²) in [5, 5.41) is 32.4. The van der Waals surface area contributed by atoms with Gasteiger partial charge in [0.2, 0.25) is 0 Å². The molecule has 3 heterocycles. The first-order valence-corrected chi connectivity index (χ1v) is 19.4. The normalized spacial score (nSPS) is 35.7. The predicted molar refractivity (Wildman–Crippen MR) is 194 cm³/mol. The van der Waals surface area contributed by atoms with Gasteiger partial charge in [-0.2, -0.15) is 0 Å². The van der Waals surface area contributed by atoms with Gasteiger partial charge in [-0.05, 0) is 82.8 Å². The average molecular weight is 704 g/mol. The Labute approximate surface area is 301 Å². The summed E-state index contributed by atoms with van der Waals surface area (Å²) in [5.74, 6) is -0.431. The Morgan fingerprint density at radius 2 is 1.84 bits per heavy atom. The van der Waals surface area contributed by atoms with Crippen LogP contribution in [0.5, 0.6) is 0 Å². The molecule has 2 saturated heterocycles. The summed E-state index contributed by atoms with van der Waals surface area (Å²) in [6.07, 6.45) is 14.6. The van der Waals surface area contributed by atoms with Gasteiger partial charge in [-0.1, -0.05) is 58.4 Å². The van der Waals surface area contributed by atoms with E-state index in [4.69, 9.17) is 14.2 Å². The summed E-state index contributed by atoms with van der Waals surface area (Å²) in [4.78, 5) is 28.2. The van der Waals surface area contributed by atoms with Gasteiger partial charge in [-0.3, -0.25) is 9.69 Å². The maximum Gasteiger partial charge on any atom is 0.410 e. The highest BCUT2D eigenvalue weighted by Crippen LogP contribution is 2.36. The lowest BCUT2D eigenvalue weighted by Gasteiger charge is -2.48. The third kappa shape index (κ3) is 11.1. The molecule has 3 fully saturated rings. The molecule has 50 heavy (non-hydrogen) atoms. The molecule has 1 amide bonds. The van der Waals surface area contributed by atoms with E-state index in [-0.39, 0.29) is 55.3 Å². The lowest BCUT2D eigenvalue weighted by Crippen LogP contribution is -2.63. The molecule has 0 spiro atoms. The van der Waals surface area contributed by atoms with Crippen molar-refractivity contribution in [3.8, 4) is 0 Å². The van der Waals surface area contributed by atoms with E-state index < -0.39 is 36.0 Å². The van der Waals surface area contributed by atoms with Crippen LogP contribution < -0.4 is 0 Å². The molecule has 1 saturated carbocycles. The number of rotatable bonds is 10. The van der Waals surface area contributed by atoms with Crippen LogP contribution in [-0.2, 0) is 19.0 Å². The van der Waals surface area contributed by atoms with Crippen molar-refractivity contribution in [2.45, 2.75) is 154 Å². The molecule has 10 nitrogen and oxygen atoms in total. The molecule has 0 unspecified atom stereocenters. The van der Waals surface area contributed by atoms with Gasteiger partial charge in [0, 0.05) is 11.8 Å². The zero-order valence-electron chi connectivity index (χ0n) is 31.8. The summed E-state index contributed by atoms with van der Waals surface area (Å²) in [5.41, 5.74) is -0.618. The number of epoxide rings is 1. The molecule has 0 aromatic rings. The number of carbonyl (C=O) groups is 2. The molecule has 284 valence electrons. The standard InChI is InChI=1S/C40H67N2O8/c1-8-33(44)30(5)38-34(48-38)25-27(2)13-12-14-28(3)37-29(4)17-18-35(40(6,47)20-19-32(43)26-36(45)50-37)49-39(46)41-21-23-42(7,24-22-41)31-15-10-9-11-16-31/h12-14,17-18,27,29-35,37-38,43-44,47H,8-11,15-16,19-26H2,1-7H3/q+1/b13-12+,18-17+,28-14+/t27-,29+,30-,32-,33+,34-,35+,37-,38-,40-/m1/s1. The van der Waals surface area contributed by atoms with Crippen LogP contribution >= 0.6 is 0 Å². The van der Waals surface area contributed by atoms with E-state index in [2.05, 4.69) is 20.0 Å². The Morgan fingerprint density at radius 1 is 1.16 bits per heavy atom. The van der Waals surface area contributed by atoms with Crippen molar-refractivity contribution in [1.29, 1.82) is 0 Å². The van der Waals surface area contributed by atoms with Gasteiger partial charge in [0.1, 0.15) is 11.7 Å². The minimum Gasteiger partial charge on any atom is -0.457 e. The molecule has 0 radical (unpaired) electrons. The minimum atomic E-state index is -1.45. The third-order valence-electron chi connectivity index (χ3n) is 12.0. The number of hydrogen-bond donors (Lipinski definition) is 3. The van der Waals surface area contributed by atoms with E-state index in [1.54, 1.807) is 17.9 Å². The molecular formula is C40H67N2O8+. The molecule has 4 rings (SSSR count). The number of piperazine rings is 1. The molecule has 0 bridgehead atoms. The number of ether oxygens (including phenoxy) is 3. The number of aliphatic hydroxyl groups is 3. The molecule has 3 N–H and O–H groups in total. The fourth-order valence-electron chi connectivity index (χ4n) is 8.14. The second-order valence-electron chi connectivity index (χ2n) is 16.4. The van der Waals surface area contributed by atoms with Crippen molar-refractivity contribution in [3.63, 3.8) is 0 Å². The van der Waals surface area contributed by atoms with Gasteiger partial charge < -0.3 is 34.0 Å². The van der Waals surface area contributed by atoms with E-state index in [1.807, 2.05) is 45.9 Å². The number of allylic oxidation sites excluding steroid dienone is 3. The van der Waals surface area contributed by atoms with Crippen LogP contribution in [0, 0.1) is 17.8 Å². The molecule has 1 aliphatic carbocycles. The van der Waals surface area contributed by atoms with E-state index in [1.165, 1.54) is 32.1 Å². The largest absolute Gasteiger partial charge is 0.457 e. The summed E-state index contributed by atoms with van der Waals surface area (Å²) in [6.45, 7) is 14.6. The zero-order valence-corrected chi connectivity index (χ0v) is 31.8. The maximum absolute atomic E-state index is 13.5. The van der Waals surface area contributed by atoms with Crippen LogP contribution in [0.3, 0.4) is 0 Å². The summed E-state index contributed by atoms with van der Waals surface area (Å²) < 4.78 is 18.8. The molecule has 4 aliphatic rings. The Kier molecular flexibility index (Phi) is 14.6. The summed E-state index contributed by atoms with van der Waals surface area (Å²) >= 11 is 0. The van der Waals surface area contributed by atoms with Gasteiger partial charge in [-0.25, -0.2) is 4.79 Å². The fraction of sp³-hybridized carbons (Fsp3) is 0.800. The highest BCUT2D eigenvalue weighted by Gasteiger charge is 2.45.